The van der Waals surface area contributed by atoms with Gasteiger partial charge in [0, 0.05) is 31.9 Å². The lowest BCUT2D eigenvalue weighted by Gasteiger charge is -2.42. The molecule has 0 saturated carbocycles. The van der Waals surface area contributed by atoms with E-state index in [4.69, 9.17) is 11.6 Å². The van der Waals surface area contributed by atoms with E-state index in [0.29, 0.717) is 23.8 Å². The third kappa shape index (κ3) is 3.68. The molecular formula is C20H20ClFN4O2. The highest BCUT2D eigenvalue weighted by Crippen LogP contribution is 2.28. The molecule has 6 nitrogen and oxygen atoms in total. The van der Waals surface area contributed by atoms with E-state index in [-0.39, 0.29) is 24.3 Å². The van der Waals surface area contributed by atoms with E-state index in [1.54, 1.807) is 36.4 Å². The van der Waals surface area contributed by atoms with Crippen molar-refractivity contribution in [2.24, 2.45) is 0 Å². The van der Waals surface area contributed by atoms with Crippen molar-refractivity contribution in [2.45, 2.75) is 12.6 Å². The standard InChI is InChI=1S/C20H20ClFN4O2/c21-16-3-1-2-4-17(16)26-19(27)13-18(23-20(26)28)25-11-9-24(10-12-25)15-7-5-14(22)6-8-15/h1-8,18H,9-13H2,(H,23,28). The summed E-state index contributed by atoms with van der Waals surface area (Å²) in [4.78, 5) is 30.6. The average Bonchev–Trinajstić information content (AvgIpc) is 2.69. The Morgan fingerprint density at radius 1 is 0.964 bits per heavy atom. The molecule has 8 heteroatoms. The van der Waals surface area contributed by atoms with Gasteiger partial charge in [-0.1, -0.05) is 23.7 Å². The Hall–Kier alpha value is -2.64. The summed E-state index contributed by atoms with van der Waals surface area (Å²) in [5, 5.41) is 3.28. The number of hydrogen-bond donors (Lipinski definition) is 1. The lowest BCUT2D eigenvalue weighted by Crippen LogP contribution is -2.63. The molecule has 1 unspecified atom stereocenters. The summed E-state index contributed by atoms with van der Waals surface area (Å²) in [6.45, 7) is 2.87. The fourth-order valence-corrected chi connectivity index (χ4v) is 3.89. The lowest BCUT2D eigenvalue weighted by atomic mass is 10.1. The normalized spacial score (nSPS) is 21.0. The van der Waals surface area contributed by atoms with Crippen LogP contribution in [-0.2, 0) is 4.79 Å². The van der Waals surface area contributed by atoms with Crippen LogP contribution in [0.3, 0.4) is 0 Å². The molecule has 28 heavy (non-hydrogen) atoms. The predicted octanol–water partition coefficient (Wildman–Crippen LogP) is 3.07. The van der Waals surface area contributed by atoms with Gasteiger partial charge in [-0.05, 0) is 36.4 Å². The lowest BCUT2D eigenvalue weighted by molar-refractivity contribution is -0.120. The van der Waals surface area contributed by atoms with Crippen LogP contribution in [0.1, 0.15) is 6.42 Å². The molecule has 1 atom stereocenters. The zero-order valence-electron chi connectivity index (χ0n) is 15.1. The summed E-state index contributed by atoms with van der Waals surface area (Å²) in [5.41, 5.74) is 1.36. The number of nitrogens with one attached hydrogen (secondary N) is 1. The molecule has 2 aliphatic heterocycles. The summed E-state index contributed by atoms with van der Waals surface area (Å²) < 4.78 is 13.1. The Balaban J connectivity index is 1.39. The molecule has 4 rings (SSSR count). The zero-order valence-corrected chi connectivity index (χ0v) is 15.9. The van der Waals surface area contributed by atoms with Crippen molar-refractivity contribution in [1.29, 1.82) is 0 Å². The maximum Gasteiger partial charge on any atom is 0.330 e. The Bertz CT molecular complexity index is 866. The van der Waals surface area contributed by atoms with Gasteiger partial charge in [0.1, 0.15) is 5.82 Å². The molecule has 2 heterocycles. The van der Waals surface area contributed by atoms with E-state index in [1.165, 1.54) is 12.1 Å². The highest BCUT2D eigenvalue weighted by Gasteiger charge is 2.37. The van der Waals surface area contributed by atoms with Crippen molar-refractivity contribution in [3.05, 3.63) is 59.4 Å². The molecule has 2 aromatic carbocycles. The van der Waals surface area contributed by atoms with Crippen LogP contribution in [0, 0.1) is 5.82 Å². The van der Waals surface area contributed by atoms with Crippen LogP contribution in [0.2, 0.25) is 5.02 Å². The molecule has 3 amide bonds. The molecule has 0 radical (unpaired) electrons. The number of urea groups is 1. The number of carbonyl (C=O) groups is 2. The minimum absolute atomic E-state index is 0.188. The Morgan fingerprint density at radius 3 is 2.29 bits per heavy atom. The minimum atomic E-state index is -0.463. The molecule has 146 valence electrons. The van der Waals surface area contributed by atoms with E-state index in [9.17, 15) is 14.0 Å². The number of nitrogens with zero attached hydrogens (tertiary/aromatic N) is 3. The van der Waals surface area contributed by atoms with Gasteiger partial charge in [0.05, 0.1) is 23.3 Å². The first-order valence-electron chi connectivity index (χ1n) is 9.15. The number of piperazine rings is 1. The van der Waals surface area contributed by atoms with Gasteiger partial charge in [-0.3, -0.25) is 9.69 Å². The summed E-state index contributed by atoms with van der Waals surface area (Å²) >= 11 is 6.14. The molecule has 0 aromatic heterocycles. The van der Waals surface area contributed by atoms with Crippen molar-refractivity contribution in [1.82, 2.24) is 10.2 Å². The maximum atomic E-state index is 13.1. The number of rotatable bonds is 3. The average molecular weight is 403 g/mol. The molecule has 2 fully saturated rings. The van der Waals surface area contributed by atoms with E-state index in [1.807, 2.05) is 0 Å². The third-order valence-corrected chi connectivity index (χ3v) is 5.47. The topological polar surface area (TPSA) is 55.9 Å². The number of benzene rings is 2. The van der Waals surface area contributed by atoms with Crippen molar-refractivity contribution >= 4 is 34.9 Å². The van der Waals surface area contributed by atoms with Crippen molar-refractivity contribution in [2.75, 3.05) is 36.0 Å². The van der Waals surface area contributed by atoms with E-state index >= 15 is 0 Å². The Labute approximate surface area is 167 Å². The van der Waals surface area contributed by atoms with Gasteiger partial charge in [0.2, 0.25) is 5.91 Å². The Morgan fingerprint density at radius 2 is 1.64 bits per heavy atom. The fourth-order valence-electron chi connectivity index (χ4n) is 3.67. The maximum absolute atomic E-state index is 13.1. The molecule has 2 aliphatic rings. The first-order chi connectivity index (χ1) is 13.5. The smallest absolute Gasteiger partial charge is 0.330 e. The van der Waals surface area contributed by atoms with E-state index in [0.717, 1.165) is 23.7 Å². The second-order valence-corrected chi connectivity index (χ2v) is 7.26. The van der Waals surface area contributed by atoms with Gasteiger partial charge in [-0.25, -0.2) is 14.1 Å². The van der Waals surface area contributed by atoms with Crippen LogP contribution in [0.15, 0.2) is 48.5 Å². The third-order valence-electron chi connectivity index (χ3n) is 5.15. The number of halogens is 2. The second-order valence-electron chi connectivity index (χ2n) is 6.85. The molecule has 2 aromatic rings. The second kappa shape index (κ2) is 7.77. The molecule has 1 N–H and O–H groups in total. The van der Waals surface area contributed by atoms with Gasteiger partial charge in [0.25, 0.3) is 0 Å². The number of hydrogen-bond acceptors (Lipinski definition) is 4. The van der Waals surface area contributed by atoms with Gasteiger partial charge in [-0.15, -0.1) is 0 Å². The monoisotopic (exact) mass is 402 g/mol. The molecular weight excluding hydrogens is 383 g/mol. The molecule has 0 spiro atoms. The zero-order chi connectivity index (χ0) is 19.7. The first-order valence-corrected chi connectivity index (χ1v) is 9.53. The molecule has 0 bridgehead atoms. The summed E-state index contributed by atoms with van der Waals surface area (Å²) in [6, 6.07) is 12.8. The van der Waals surface area contributed by atoms with Gasteiger partial charge in [0.15, 0.2) is 0 Å². The van der Waals surface area contributed by atoms with Gasteiger partial charge in [-0.2, -0.15) is 0 Å². The number of imide groups is 1. The number of carbonyl (C=O) groups excluding carboxylic acids is 2. The number of amides is 3. The van der Waals surface area contributed by atoms with Crippen LogP contribution in [0.4, 0.5) is 20.6 Å². The van der Waals surface area contributed by atoms with Crippen molar-refractivity contribution < 1.29 is 14.0 Å². The largest absolute Gasteiger partial charge is 0.369 e. The minimum Gasteiger partial charge on any atom is -0.369 e. The van der Waals surface area contributed by atoms with E-state index < -0.39 is 6.03 Å². The summed E-state index contributed by atoms with van der Waals surface area (Å²) in [5.74, 6) is -0.531. The van der Waals surface area contributed by atoms with Gasteiger partial charge < -0.3 is 10.2 Å². The van der Waals surface area contributed by atoms with Crippen LogP contribution < -0.4 is 15.1 Å². The number of para-hydroxylation sites is 1. The summed E-state index contributed by atoms with van der Waals surface area (Å²) in [7, 11) is 0. The quantitative estimate of drug-likeness (QED) is 0.857. The number of anilines is 2. The van der Waals surface area contributed by atoms with Crippen molar-refractivity contribution in [3.8, 4) is 0 Å². The predicted molar refractivity (Wildman–Crippen MR) is 106 cm³/mol. The van der Waals surface area contributed by atoms with E-state index in [2.05, 4.69) is 15.1 Å². The SMILES string of the molecule is O=C1CC(N2CCN(c3ccc(F)cc3)CC2)NC(=O)N1c1ccccc1Cl. The van der Waals surface area contributed by atoms with Gasteiger partial charge >= 0.3 is 6.03 Å². The van der Waals surface area contributed by atoms with Crippen LogP contribution >= 0.6 is 11.6 Å². The van der Waals surface area contributed by atoms with Crippen molar-refractivity contribution in [3.63, 3.8) is 0 Å². The Kier molecular flexibility index (Phi) is 5.19. The highest BCUT2D eigenvalue weighted by molar-refractivity contribution is 6.35. The summed E-state index contributed by atoms with van der Waals surface area (Å²) in [6.07, 6.45) is -0.151. The fraction of sp³-hybridized carbons (Fsp3) is 0.300. The molecule has 2 saturated heterocycles. The van der Waals surface area contributed by atoms with Crippen LogP contribution in [0.25, 0.3) is 0 Å². The highest BCUT2D eigenvalue weighted by atomic mass is 35.5. The first kappa shape index (κ1) is 18.7. The van der Waals surface area contributed by atoms with Crippen LogP contribution in [-0.4, -0.2) is 49.2 Å². The van der Waals surface area contributed by atoms with Crippen LogP contribution in [0.5, 0.6) is 0 Å². The molecule has 0 aliphatic carbocycles.